The quantitative estimate of drug-likeness (QED) is 0.569. The van der Waals surface area contributed by atoms with Crippen molar-refractivity contribution in [1.29, 1.82) is 0 Å². The van der Waals surface area contributed by atoms with Crippen LogP contribution in [0.3, 0.4) is 0 Å². The van der Waals surface area contributed by atoms with Crippen molar-refractivity contribution in [2.75, 3.05) is 0 Å². The van der Waals surface area contributed by atoms with Crippen LogP contribution in [-0.4, -0.2) is 0 Å². The van der Waals surface area contributed by atoms with Gasteiger partial charge in [0.1, 0.15) is 0 Å². The summed E-state index contributed by atoms with van der Waals surface area (Å²) < 4.78 is 0. The number of hydrogen-bond donors (Lipinski definition) is 0. The molecule has 0 saturated heterocycles. The molecule has 0 spiro atoms. The average molecular weight is 178 g/mol. The van der Waals surface area contributed by atoms with Gasteiger partial charge < -0.3 is 0 Å². The lowest BCUT2D eigenvalue weighted by atomic mass is 9.44. The highest BCUT2D eigenvalue weighted by atomic mass is 14.6. The highest BCUT2D eigenvalue weighted by molar-refractivity contribution is 5.05. The van der Waals surface area contributed by atoms with E-state index in [2.05, 4.69) is 13.8 Å². The van der Waals surface area contributed by atoms with Crippen LogP contribution < -0.4 is 0 Å². The molecule has 4 rings (SSSR count). The van der Waals surface area contributed by atoms with Crippen LogP contribution in [0.1, 0.15) is 58.8 Å². The third-order valence-corrected chi connectivity index (χ3v) is 5.22. The predicted molar refractivity (Wildman–Crippen MR) is 55.5 cm³/mol. The summed E-state index contributed by atoms with van der Waals surface area (Å²) in [5.41, 5.74) is 1.57. The summed E-state index contributed by atoms with van der Waals surface area (Å²) in [4.78, 5) is 0. The Morgan fingerprint density at radius 1 is 1.08 bits per heavy atom. The van der Waals surface area contributed by atoms with Crippen molar-refractivity contribution < 1.29 is 0 Å². The lowest BCUT2D eigenvalue weighted by Crippen LogP contribution is -2.50. The average Bonchev–Trinajstić information content (AvgIpc) is 1.99. The third-order valence-electron chi connectivity index (χ3n) is 5.22. The fraction of sp³-hybridized carbons (Fsp3) is 1.00. The molecule has 0 heteroatoms. The summed E-state index contributed by atoms with van der Waals surface area (Å²) >= 11 is 0. The highest BCUT2D eigenvalue weighted by Gasteiger charge is 2.54. The number of hydrogen-bond acceptors (Lipinski definition) is 0. The monoisotopic (exact) mass is 178 g/mol. The van der Waals surface area contributed by atoms with Gasteiger partial charge in [0.25, 0.3) is 0 Å². The molecule has 0 radical (unpaired) electrons. The van der Waals surface area contributed by atoms with Gasteiger partial charge in [0.15, 0.2) is 0 Å². The van der Waals surface area contributed by atoms with E-state index in [0.29, 0.717) is 0 Å². The first-order valence-corrected chi connectivity index (χ1v) is 6.13. The van der Waals surface area contributed by atoms with E-state index in [9.17, 15) is 0 Å². The van der Waals surface area contributed by atoms with Crippen molar-refractivity contribution in [2.45, 2.75) is 58.8 Å². The molecule has 2 atom stereocenters. The van der Waals surface area contributed by atoms with Gasteiger partial charge in [-0.15, -0.1) is 0 Å². The second-order valence-corrected chi connectivity index (χ2v) is 6.63. The largest absolute Gasteiger partial charge is 0.0649 e. The van der Waals surface area contributed by atoms with E-state index in [4.69, 9.17) is 0 Å². The zero-order valence-electron chi connectivity index (χ0n) is 9.10. The van der Waals surface area contributed by atoms with E-state index < -0.39 is 0 Å². The Morgan fingerprint density at radius 2 is 1.69 bits per heavy atom. The third kappa shape index (κ3) is 1.10. The standard InChI is InChI=1S/C13H22/c1-3-13-7-10-4-11(8-13)6-12(2,5-10)9-13/h10-11H,3-9H2,1-2H3/t10-,11-,12?,13?/m1/s1. The molecule has 13 heavy (non-hydrogen) atoms. The van der Waals surface area contributed by atoms with E-state index in [-0.39, 0.29) is 0 Å². The molecule has 0 heterocycles. The topological polar surface area (TPSA) is 0 Å². The molecule has 0 aromatic rings. The van der Waals surface area contributed by atoms with Gasteiger partial charge in [0, 0.05) is 0 Å². The fourth-order valence-corrected chi connectivity index (χ4v) is 5.34. The second-order valence-electron chi connectivity index (χ2n) is 6.63. The Bertz CT molecular complexity index is 214. The van der Waals surface area contributed by atoms with Gasteiger partial charge in [0.05, 0.1) is 0 Å². The molecule has 4 aliphatic rings. The zero-order valence-corrected chi connectivity index (χ0v) is 9.10. The van der Waals surface area contributed by atoms with Crippen LogP contribution in [-0.2, 0) is 0 Å². The van der Waals surface area contributed by atoms with Gasteiger partial charge in [-0.05, 0) is 61.2 Å². The molecule has 0 aliphatic heterocycles. The maximum atomic E-state index is 2.56. The van der Waals surface area contributed by atoms with Crippen LogP contribution in [0.15, 0.2) is 0 Å². The van der Waals surface area contributed by atoms with Crippen molar-refractivity contribution >= 4 is 0 Å². The molecule has 4 aliphatic carbocycles. The van der Waals surface area contributed by atoms with Crippen LogP contribution >= 0.6 is 0 Å². The van der Waals surface area contributed by atoms with Crippen LogP contribution in [0.4, 0.5) is 0 Å². The maximum Gasteiger partial charge on any atom is -0.0290 e. The van der Waals surface area contributed by atoms with Gasteiger partial charge in [-0.25, -0.2) is 0 Å². The molecule has 0 nitrogen and oxygen atoms in total. The lowest BCUT2D eigenvalue weighted by Gasteiger charge is -2.61. The molecule has 0 amide bonds. The molecule has 4 saturated carbocycles. The lowest BCUT2D eigenvalue weighted by molar-refractivity contribution is -0.103. The fourth-order valence-electron chi connectivity index (χ4n) is 5.34. The molecule has 74 valence electrons. The minimum Gasteiger partial charge on any atom is -0.0649 e. The van der Waals surface area contributed by atoms with Crippen molar-refractivity contribution in [2.24, 2.45) is 22.7 Å². The summed E-state index contributed by atoms with van der Waals surface area (Å²) in [6.07, 6.45) is 10.9. The minimum absolute atomic E-state index is 0.764. The van der Waals surface area contributed by atoms with E-state index in [1.165, 1.54) is 6.42 Å². The van der Waals surface area contributed by atoms with E-state index in [1.54, 1.807) is 38.5 Å². The van der Waals surface area contributed by atoms with Gasteiger partial charge in [-0.1, -0.05) is 20.3 Å². The predicted octanol–water partition coefficient (Wildman–Crippen LogP) is 4.00. The Kier molecular flexibility index (Phi) is 1.49. The van der Waals surface area contributed by atoms with Crippen molar-refractivity contribution in [3.05, 3.63) is 0 Å². The van der Waals surface area contributed by atoms with Crippen molar-refractivity contribution in [3.8, 4) is 0 Å². The molecule has 4 bridgehead atoms. The summed E-state index contributed by atoms with van der Waals surface area (Å²) in [6.45, 7) is 4.99. The molecule has 4 fully saturated rings. The summed E-state index contributed by atoms with van der Waals surface area (Å²) in [6, 6.07) is 0. The van der Waals surface area contributed by atoms with Crippen molar-refractivity contribution in [3.63, 3.8) is 0 Å². The molecule has 0 aromatic carbocycles. The zero-order chi connectivity index (χ0) is 9.10. The first-order chi connectivity index (χ1) is 6.13. The molecule has 0 aromatic heterocycles. The summed E-state index contributed by atoms with van der Waals surface area (Å²) in [5, 5.41) is 0. The first kappa shape index (κ1) is 8.32. The van der Waals surface area contributed by atoms with Crippen molar-refractivity contribution in [1.82, 2.24) is 0 Å². The number of rotatable bonds is 1. The first-order valence-electron chi connectivity index (χ1n) is 6.13. The molecular formula is C13H22. The van der Waals surface area contributed by atoms with Crippen LogP contribution in [0.5, 0.6) is 0 Å². The van der Waals surface area contributed by atoms with Gasteiger partial charge in [-0.3, -0.25) is 0 Å². The molecular weight excluding hydrogens is 156 g/mol. The Hall–Kier alpha value is 0. The normalized spacial score (nSPS) is 58.6. The Balaban J connectivity index is 1.95. The van der Waals surface area contributed by atoms with E-state index in [0.717, 1.165) is 22.7 Å². The van der Waals surface area contributed by atoms with E-state index >= 15 is 0 Å². The van der Waals surface area contributed by atoms with Crippen LogP contribution in [0, 0.1) is 22.7 Å². The second kappa shape index (κ2) is 2.32. The Morgan fingerprint density at radius 3 is 2.15 bits per heavy atom. The van der Waals surface area contributed by atoms with Gasteiger partial charge in [0.2, 0.25) is 0 Å². The van der Waals surface area contributed by atoms with Gasteiger partial charge in [-0.2, -0.15) is 0 Å². The molecule has 0 N–H and O–H groups in total. The van der Waals surface area contributed by atoms with Gasteiger partial charge >= 0.3 is 0 Å². The Labute approximate surface area is 82.1 Å². The van der Waals surface area contributed by atoms with Crippen LogP contribution in [0.25, 0.3) is 0 Å². The maximum absolute atomic E-state index is 2.56. The summed E-state index contributed by atoms with van der Waals surface area (Å²) in [5.74, 6) is 2.23. The molecule has 0 unspecified atom stereocenters. The highest BCUT2D eigenvalue weighted by Crippen LogP contribution is 2.65. The summed E-state index contributed by atoms with van der Waals surface area (Å²) in [7, 11) is 0. The SMILES string of the molecule is CCC12C[C@@H]3C[C@H](CC(C)(C3)C1)C2. The minimum atomic E-state index is 0.764. The smallest absolute Gasteiger partial charge is 0.0290 e. The van der Waals surface area contributed by atoms with Crippen LogP contribution in [0.2, 0.25) is 0 Å². The van der Waals surface area contributed by atoms with E-state index in [1.807, 2.05) is 0 Å².